The van der Waals surface area contributed by atoms with Crippen LogP contribution in [0.5, 0.6) is 0 Å². The van der Waals surface area contributed by atoms with Crippen molar-refractivity contribution in [1.82, 2.24) is 24.4 Å². The summed E-state index contributed by atoms with van der Waals surface area (Å²) in [7, 11) is 3.85. The molecule has 0 radical (unpaired) electrons. The van der Waals surface area contributed by atoms with Crippen molar-refractivity contribution >= 4 is 23.1 Å². The lowest BCUT2D eigenvalue weighted by Gasteiger charge is -2.17. The van der Waals surface area contributed by atoms with Crippen molar-refractivity contribution in [3.8, 4) is 0 Å². The number of ether oxygens (including phenoxy) is 1. The van der Waals surface area contributed by atoms with Crippen molar-refractivity contribution in [2.24, 2.45) is 0 Å². The highest BCUT2D eigenvalue weighted by Gasteiger charge is 2.12. The average Bonchev–Trinajstić information content (AvgIpc) is 2.81. The molecule has 0 saturated carbocycles. The molecule has 9 heteroatoms. The minimum Gasteiger partial charge on any atom is -0.461 e. The summed E-state index contributed by atoms with van der Waals surface area (Å²) in [4.78, 5) is 35.9. The number of H-pyrrole nitrogens is 1. The Morgan fingerprint density at radius 3 is 2.96 bits per heavy atom. The van der Waals surface area contributed by atoms with Crippen molar-refractivity contribution in [1.29, 1.82) is 0 Å². The number of aryl methyl sites for hydroxylation is 1. The van der Waals surface area contributed by atoms with E-state index in [1.807, 2.05) is 25.9 Å². The first-order chi connectivity index (χ1) is 10.9. The van der Waals surface area contributed by atoms with Gasteiger partial charge in [-0.3, -0.25) is 14.6 Å². The first kappa shape index (κ1) is 16.9. The molecule has 1 unspecified atom stereocenters. The van der Waals surface area contributed by atoms with E-state index in [1.165, 1.54) is 6.33 Å². The van der Waals surface area contributed by atoms with E-state index in [-0.39, 0.29) is 35.5 Å². The highest BCUT2D eigenvalue weighted by atomic mass is 16.5. The van der Waals surface area contributed by atoms with Gasteiger partial charge in [0.1, 0.15) is 6.10 Å². The summed E-state index contributed by atoms with van der Waals surface area (Å²) in [5, 5.41) is 0. The van der Waals surface area contributed by atoms with Crippen molar-refractivity contribution in [2.75, 3.05) is 26.4 Å². The monoisotopic (exact) mass is 322 g/mol. The number of esters is 1. The Morgan fingerprint density at radius 1 is 1.52 bits per heavy atom. The maximum atomic E-state index is 11.8. The van der Waals surface area contributed by atoms with E-state index in [0.717, 1.165) is 0 Å². The third-order valence-corrected chi connectivity index (χ3v) is 3.23. The van der Waals surface area contributed by atoms with Gasteiger partial charge in [0.15, 0.2) is 11.2 Å². The Hall–Kier alpha value is -2.42. The average molecular weight is 322 g/mol. The molecule has 0 fully saturated rings. The zero-order valence-electron chi connectivity index (χ0n) is 13.6. The molecular weight excluding hydrogens is 300 g/mol. The number of rotatable bonds is 7. The first-order valence-corrected chi connectivity index (χ1v) is 7.41. The number of hydrogen-bond acceptors (Lipinski definition) is 7. The van der Waals surface area contributed by atoms with Gasteiger partial charge in [-0.05, 0) is 27.4 Å². The highest BCUT2D eigenvalue weighted by molar-refractivity contribution is 5.71. The zero-order valence-corrected chi connectivity index (χ0v) is 13.6. The van der Waals surface area contributed by atoms with Crippen LogP contribution in [0.4, 0.5) is 5.95 Å². The Morgan fingerprint density at radius 2 is 2.26 bits per heavy atom. The molecular formula is C14H22N6O3. The summed E-state index contributed by atoms with van der Waals surface area (Å²) in [5.74, 6) is -0.199. The van der Waals surface area contributed by atoms with Gasteiger partial charge in [0, 0.05) is 19.5 Å². The van der Waals surface area contributed by atoms with Gasteiger partial charge in [0.2, 0.25) is 5.95 Å². The van der Waals surface area contributed by atoms with Crippen LogP contribution in [0.2, 0.25) is 0 Å². The standard InChI is InChI=1S/C14H22N6O3/c1-9(7-19(2)3)23-10(21)5-4-6-20-8-16-11-12(20)17-14(15)18-13(11)22/h8-9H,4-7H2,1-3H3,(H3,15,17,18,22). The maximum Gasteiger partial charge on any atom is 0.306 e. The lowest BCUT2D eigenvalue weighted by Crippen LogP contribution is -2.28. The summed E-state index contributed by atoms with van der Waals surface area (Å²) in [6.45, 7) is 3.05. The number of nitrogens with two attached hydrogens (primary N) is 1. The normalized spacial score (nSPS) is 12.7. The molecule has 126 valence electrons. The van der Waals surface area contributed by atoms with E-state index in [4.69, 9.17) is 10.5 Å². The fourth-order valence-corrected chi connectivity index (χ4v) is 2.36. The van der Waals surface area contributed by atoms with Crippen LogP contribution in [0.1, 0.15) is 19.8 Å². The van der Waals surface area contributed by atoms with Gasteiger partial charge in [-0.15, -0.1) is 0 Å². The number of nitrogen functional groups attached to an aromatic ring is 1. The predicted molar refractivity (Wildman–Crippen MR) is 85.9 cm³/mol. The lowest BCUT2D eigenvalue weighted by molar-refractivity contribution is -0.148. The molecule has 2 rings (SSSR count). The molecule has 0 amide bonds. The number of likely N-dealkylation sites (N-methyl/N-ethyl adjacent to an activating group) is 1. The third kappa shape index (κ3) is 4.52. The molecule has 2 aromatic rings. The van der Waals surface area contributed by atoms with Crippen LogP contribution in [0.25, 0.3) is 11.2 Å². The van der Waals surface area contributed by atoms with Gasteiger partial charge >= 0.3 is 5.97 Å². The first-order valence-electron chi connectivity index (χ1n) is 7.41. The summed E-state index contributed by atoms with van der Waals surface area (Å²) >= 11 is 0. The van der Waals surface area contributed by atoms with Crippen molar-refractivity contribution in [3.63, 3.8) is 0 Å². The van der Waals surface area contributed by atoms with E-state index >= 15 is 0 Å². The van der Waals surface area contributed by atoms with Crippen LogP contribution >= 0.6 is 0 Å². The number of imidazole rings is 1. The largest absolute Gasteiger partial charge is 0.461 e. The number of carbonyl (C=O) groups excluding carboxylic acids is 1. The van der Waals surface area contributed by atoms with Crippen molar-refractivity contribution in [3.05, 3.63) is 16.7 Å². The molecule has 0 spiro atoms. The molecule has 9 nitrogen and oxygen atoms in total. The highest BCUT2D eigenvalue weighted by Crippen LogP contribution is 2.08. The second kappa shape index (κ2) is 7.23. The van der Waals surface area contributed by atoms with E-state index in [0.29, 0.717) is 25.2 Å². The van der Waals surface area contributed by atoms with Crippen LogP contribution in [-0.4, -0.2) is 57.1 Å². The number of nitrogens with one attached hydrogen (secondary N) is 1. The predicted octanol–water partition coefficient (Wildman–Crippen LogP) is -0.0247. The quantitative estimate of drug-likeness (QED) is 0.687. The van der Waals surface area contributed by atoms with Crippen LogP contribution in [0.3, 0.4) is 0 Å². The smallest absolute Gasteiger partial charge is 0.306 e. The molecule has 0 aliphatic rings. The Balaban J connectivity index is 1.90. The summed E-state index contributed by atoms with van der Waals surface area (Å²) in [5.41, 5.74) is 5.82. The summed E-state index contributed by atoms with van der Waals surface area (Å²) < 4.78 is 7.02. The molecule has 23 heavy (non-hydrogen) atoms. The molecule has 2 aromatic heterocycles. The van der Waals surface area contributed by atoms with Gasteiger partial charge in [0.25, 0.3) is 5.56 Å². The number of carbonyl (C=O) groups is 1. The van der Waals surface area contributed by atoms with Gasteiger partial charge in [-0.2, -0.15) is 4.98 Å². The van der Waals surface area contributed by atoms with Crippen molar-refractivity contribution in [2.45, 2.75) is 32.4 Å². The minimum atomic E-state index is -0.372. The number of aromatic amines is 1. The number of anilines is 1. The number of hydrogen-bond donors (Lipinski definition) is 2. The molecule has 0 aliphatic carbocycles. The van der Waals surface area contributed by atoms with Crippen LogP contribution in [0, 0.1) is 0 Å². The van der Waals surface area contributed by atoms with Gasteiger partial charge < -0.3 is 19.9 Å². The Bertz CT molecular complexity index is 736. The van der Waals surface area contributed by atoms with E-state index in [9.17, 15) is 9.59 Å². The van der Waals surface area contributed by atoms with Crippen LogP contribution in [0.15, 0.2) is 11.1 Å². The van der Waals surface area contributed by atoms with E-state index < -0.39 is 0 Å². The second-order valence-electron chi connectivity index (χ2n) is 5.73. The second-order valence-corrected chi connectivity index (χ2v) is 5.73. The number of aromatic nitrogens is 4. The third-order valence-electron chi connectivity index (χ3n) is 3.23. The van der Waals surface area contributed by atoms with Gasteiger partial charge in [-0.1, -0.05) is 0 Å². The van der Waals surface area contributed by atoms with Crippen LogP contribution in [-0.2, 0) is 16.1 Å². The molecule has 0 saturated heterocycles. The molecule has 0 aliphatic heterocycles. The number of nitrogens with zero attached hydrogens (tertiary/aromatic N) is 4. The molecule has 1 atom stereocenters. The van der Waals surface area contributed by atoms with Crippen LogP contribution < -0.4 is 11.3 Å². The topological polar surface area (TPSA) is 119 Å². The lowest BCUT2D eigenvalue weighted by atomic mass is 10.3. The van der Waals surface area contributed by atoms with Crippen molar-refractivity contribution < 1.29 is 9.53 Å². The summed E-state index contributed by atoms with van der Waals surface area (Å²) in [6, 6.07) is 0. The molecule has 0 bridgehead atoms. The zero-order chi connectivity index (χ0) is 17.0. The fraction of sp³-hybridized carbons (Fsp3) is 0.571. The number of fused-ring (bicyclic) bond motifs is 1. The van der Waals surface area contributed by atoms with Gasteiger partial charge in [-0.25, -0.2) is 4.98 Å². The molecule has 0 aromatic carbocycles. The minimum absolute atomic E-state index is 0.0427. The maximum absolute atomic E-state index is 11.8. The SMILES string of the molecule is CC(CN(C)C)OC(=O)CCCn1cnc2c(=O)[nH]c(N)nc21. The van der Waals surface area contributed by atoms with E-state index in [1.54, 1.807) is 4.57 Å². The van der Waals surface area contributed by atoms with Gasteiger partial charge in [0.05, 0.1) is 6.33 Å². The Labute approximate surface area is 133 Å². The molecule has 2 heterocycles. The fourth-order valence-electron chi connectivity index (χ4n) is 2.36. The summed E-state index contributed by atoms with van der Waals surface area (Å²) in [6.07, 6.45) is 2.22. The van der Waals surface area contributed by atoms with E-state index in [2.05, 4.69) is 15.0 Å². The Kier molecular flexibility index (Phi) is 5.32. The molecule has 3 N–H and O–H groups in total.